The van der Waals surface area contributed by atoms with Gasteiger partial charge in [-0.15, -0.1) is 0 Å². The topological polar surface area (TPSA) is 50.1 Å². The van der Waals surface area contributed by atoms with Crippen LogP contribution in [0.4, 0.5) is 4.79 Å². The number of hydrogen-bond acceptors (Lipinski definition) is 4. The van der Waals surface area contributed by atoms with Crippen LogP contribution in [0.1, 0.15) is 45.0 Å². The van der Waals surface area contributed by atoms with Gasteiger partial charge in [0.05, 0.1) is 5.69 Å². The fourth-order valence-corrected chi connectivity index (χ4v) is 3.45. The second-order valence-electron chi connectivity index (χ2n) is 8.23. The largest absolute Gasteiger partial charge is 0.444 e. The van der Waals surface area contributed by atoms with Gasteiger partial charge in [0.2, 0.25) is 0 Å². The Balaban J connectivity index is 1.54. The molecule has 3 heterocycles. The third kappa shape index (κ3) is 4.36. The number of likely N-dealkylation sites (tertiary alicyclic amines) is 1. The number of fused-ring (bicyclic) bond motifs is 1. The van der Waals surface area contributed by atoms with Crippen LogP contribution in [0.3, 0.4) is 0 Å². The number of carbonyl (C=O) groups excluding carboxylic acids is 1. The number of piperidine rings is 1. The van der Waals surface area contributed by atoms with Crippen LogP contribution in [-0.2, 0) is 11.3 Å². The Kier molecular flexibility index (Phi) is 5.23. The molecule has 0 atom stereocenters. The summed E-state index contributed by atoms with van der Waals surface area (Å²) in [6.45, 7) is 10.6. The lowest BCUT2D eigenvalue weighted by atomic mass is 10.0. The van der Waals surface area contributed by atoms with Crippen molar-refractivity contribution in [1.82, 2.24) is 19.2 Å². The summed E-state index contributed by atoms with van der Waals surface area (Å²) in [7, 11) is 1.85. The van der Waals surface area contributed by atoms with Crippen LogP contribution in [0.5, 0.6) is 0 Å². The van der Waals surface area contributed by atoms with Crippen molar-refractivity contribution in [3.05, 3.63) is 35.8 Å². The smallest absolute Gasteiger partial charge is 0.410 e. The zero-order chi connectivity index (χ0) is 18.9. The van der Waals surface area contributed by atoms with E-state index in [4.69, 9.17) is 9.72 Å². The number of imidazole rings is 1. The first-order chi connectivity index (χ1) is 12.2. The Bertz CT molecular complexity index is 770. The van der Waals surface area contributed by atoms with Gasteiger partial charge in [0.15, 0.2) is 0 Å². The van der Waals surface area contributed by atoms with Crippen molar-refractivity contribution in [2.75, 3.05) is 20.1 Å². The summed E-state index contributed by atoms with van der Waals surface area (Å²) in [4.78, 5) is 21.1. The van der Waals surface area contributed by atoms with E-state index in [9.17, 15) is 4.79 Å². The lowest BCUT2D eigenvalue weighted by Gasteiger charge is -2.37. The molecule has 1 aliphatic rings. The monoisotopic (exact) mass is 358 g/mol. The summed E-state index contributed by atoms with van der Waals surface area (Å²) in [5.41, 5.74) is 2.84. The van der Waals surface area contributed by atoms with Crippen LogP contribution < -0.4 is 0 Å². The lowest BCUT2D eigenvalue weighted by molar-refractivity contribution is 0.0148. The minimum Gasteiger partial charge on any atom is -0.444 e. The average Bonchev–Trinajstić information content (AvgIpc) is 2.97. The van der Waals surface area contributed by atoms with Crippen LogP contribution in [0.2, 0.25) is 0 Å². The molecule has 0 spiro atoms. The number of rotatable bonds is 3. The van der Waals surface area contributed by atoms with Crippen molar-refractivity contribution in [3.8, 4) is 0 Å². The molecule has 2 aromatic rings. The second kappa shape index (κ2) is 7.27. The highest BCUT2D eigenvalue weighted by Crippen LogP contribution is 2.20. The zero-order valence-electron chi connectivity index (χ0n) is 16.5. The number of hydrogen-bond donors (Lipinski definition) is 0. The van der Waals surface area contributed by atoms with E-state index in [1.54, 1.807) is 4.90 Å². The van der Waals surface area contributed by atoms with Gasteiger partial charge in [0.1, 0.15) is 11.2 Å². The maximum absolute atomic E-state index is 12.2. The van der Waals surface area contributed by atoms with Crippen LogP contribution >= 0.6 is 0 Å². The Morgan fingerprint density at radius 1 is 1.31 bits per heavy atom. The van der Waals surface area contributed by atoms with Gasteiger partial charge in [-0.2, -0.15) is 0 Å². The summed E-state index contributed by atoms with van der Waals surface area (Å²) < 4.78 is 7.62. The van der Waals surface area contributed by atoms with Crippen molar-refractivity contribution in [3.63, 3.8) is 0 Å². The maximum atomic E-state index is 12.2. The predicted molar refractivity (Wildman–Crippen MR) is 102 cm³/mol. The zero-order valence-corrected chi connectivity index (χ0v) is 16.5. The van der Waals surface area contributed by atoms with E-state index in [2.05, 4.69) is 28.5 Å². The number of nitrogens with zero attached hydrogens (tertiary/aromatic N) is 4. The molecule has 142 valence electrons. The minimum atomic E-state index is -0.451. The third-order valence-electron chi connectivity index (χ3n) is 4.92. The molecule has 1 amide bonds. The molecule has 1 aliphatic heterocycles. The van der Waals surface area contributed by atoms with E-state index in [1.807, 2.05) is 40.0 Å². The second-order valence-corrected chi connectivity index (χ2v) is 8.23. The highest BCUT2D eigenvalue weighted by Gasteiger charge is 2.28. The SMILES string of the molecule is Cc1cccc2nc(CN3CCC(N(C)C(=O)OC(C)(C)C)CC3)cn12. The average molecular weight is 358 g/mol. The Hall–Kier alpha value is -2.08. The quantitative estimate of drug-likeness (QED) is 0.843. The van der Waals surface area contributed by atoms with Crippen molar-refractivity contribution < 1.29 is 9.53 Å². The van der Waals surface area contributed by atoms with Gasteiger partial charge in [-0.1, -0.05) is 6.07 Å². The number of carbonyl (C=O) groups is 1. The van der Waals surface area contributed by atoms with E-state index in [1.165, 1.54) is 5.69 Å². The summed E-state index contributed by atoms with van der Waals surface area (Å²) in [6, 6.07) is 6.42. The molecule has 2 aromatic heterocycles. The molecule has 1 fully saturated rings. The highest BCUT2D eigenvalue weighted by molar-refractivity contribution is 5.68. The Morgan fingerprint density at radius 2 is 2.00 bits per heavy atom. The van der Waals surface area contributed by atoms with Gasteiger partial charge in [0, 0.05) is 44.6 Å². The molecular weight excluding hydrogens is 328 g/mol. The van der Waals surface area contributed by atoms with Gasteiger partial charge >= 0.3 is 6.09 Å². The van der Waals surface area contributed by atoms with Gasteiger partial charge in [0.25, 0.3) is 0 Å². The third-order valence-corrected chi connectivity index (χ3v) is 4.92. The molecule has 0 unspecified atom stereocenters. The van der Waals surface area contributed by atoms with Gasteiger partial charge < -0.3 is 14.0 Å². The molecule has 0 saturated carbocycles. The summed E-state index contributed by atoms with van der Waals surface area (Å²) in [6.07, 6.45) is 3.82. The van der Waals surface area contributed by atoms with Gasteiger partial charge in [-0.3, -0.25) is 4.90 Å². The van der Waals surface area contributed by atoms with E-state index in [-0.39, 0.29) is 12.1 Å². The molecule has 0 aliphatic carbocycles. The first-order valence-corrected chi connectivity index (χ1v) is 9.35. The molecule has 0 aromatic carbocycles. The summed E-state index contributed by atoms with van der Waals surface area (Å²) in [5.74, 6) is 0. The molecule has 0 radical (unpaired) electrons. The summed E-state index contributed by atoms with van der Waals surface area (Å²) in [5, 5.41) is 0. The molecule has 1 saturated heterocycles. The van der Waals surface area contributed by atoms with Crippen molar-refractivity contribution >= 4 is 11.7 Å². The number of pyridine rings is 1. The Morgan fingerprint density at radius 3 is 2.62 bits per heavy atom. The number of aromatic nitrogens is 2. The minimum absolute atomic E-state index is 0.230. The molecule has 0 N–H and O–H groups in total. The van der Waals surface area contributed by atoms with Crippen LogP contribution in [0.25, 0.3) is 5.65 Å². The molecule has 6 nitrogen and oxygen atoms in total. The van der Waals surface area contributed by atoms with E-state index in [0.29, 0.717) is 0 Å². The van der Waals surface area contributed by atoms with Crippen LogP contribution in [0.15, 0.2) is 24.4 Å². The van der Waals surface area contributed by atoms with Crippen molar-refractivity contribution in [1.29, 1.82) is 0 Å². The normalized spacial score (nSPS) is 16.8. The van der Waals surface area contributed by atoms with E-state index >= 15 is 0 Å². The van der Waals surface area contributed by atoms with Gasteiger partial charge in [-0.25, -0.2) is 9.78 Å². The van der Waals surface area contributed by atoms with Crippen molar-refractivity contribution in [2.45, 2.75) is 58.7 Å². The van der Waals surface area contributed by atoms with E-state index < -0.39 is 5.60 Å². The van der Waals surface area contributed by atoms with Crippen molar-refractivity contribution in [2.24, 2.45) is 0 Å². The molecule has 3 rings (SSSR count). The van der Waals surface area contributed by atoms with E-state index in [0.717, 1.165) is 43.8 Å². The fourth-order valence-electron chi connectivity index (χ4n) is 3.45. The standard InChI is InChI=1S/C20H30N4O2/c1-15-7-6-8-18-21-16(14-24(15)18)13-23-11-9-17(10-12-23)22(5)19(25)26-20(2,3)4/h6-8,14,17H,9-13H2,1-5H3. The van der Waals surface area contributed by atoms with Crippen LogP contribution in [-0.4, -0.2) is 57.1 Å². The van der Waals surface area contributed by atoms with Gasteiger partial charge in [-0.05, 0) is 52.7 Å². The molecular formula is C20H30N4O2. The predicted octanol–water partition coefficient (Wildman–Crippen LogP) is 3.47. The molecule has 26 heavy (non-hydrogen) atoms. The highest BCUT2D eigenvalue weighted by atomic mass is 16.6. The Labute approximate surface area is 155 Å². The number of aryl methyl sites for hydroxylation is 1. The molecule has 0 bridgehead atoms. The summed E-state index contributed by atoms with van der Waals surface area (Å²) >= 11 is 0. The first kappa shape index (κ1) is 18.7. The fraction of sp³-hybridized carbons (Fsp3) is 0.600. The maximum Gasteiger partial charge on any atom is 0.410 e. The lowest BCUT2D eigenvalue weighted by Crippen LogP contribution is -2.46. The first-order valence-electron chi connectivity index (χ1n) is 9.35. The molecule has 6 heteroatoms. The number of ether oxygens (including phenoxy) is 1. The number of amides is 1. The van der Waals surface area contributed by atoms with Crippen LogP contribution in [0, 0.1) is 6.92 Å².